The second-order valence-electron chi connectivity index (χ2n) is 9.88. The zero-order valence-electron chi connectivity index (χ0n) is 21.4. The maximum Gasteiger partial charge on any atom is 0.320 e. The monoisotopic (exact) mass is 514 g/mol. The van der Waals surface area contributed by atoms with Crippen molar-refractivity contribution in [3.8, 4) is 28.6 Å². The number of rotatable bonds is 4. The molecule has 0 spiro atoms. The van der Waals surface area contributed by atoms with Gasteiger partial charge >= 0.3 is 5.97 Å². The van der Waals surface area contributed by atoms with Crippen LogP contribution in [0.2, 0.25) is 0 Å². The van der Waals surface area contributed by atoms with Gasteiger partial charge in [0.15, 0.2) is 5.41 Å². The van der Waals surface area contributed by atoms with Crippen molar-refractivity contribution in [2.24, 2.45) is 5.41 Å². The maximum atomic E-state index is 14.0. The minimum absolute atomic E-state index is 0.102. The smallest absolute Gasteiger partial charge is 0.320 e. The molecule has 6 heteroatoms. The number of fused-ring (bicyclic) bond motifs is 5. The second kappa shape index (κ2) is 9.17. The summed E-state index contributed by atoms with van der Waals surface area (Å²) in [6, 6.07) is 37.7. The molecule has 0 unspecified atom stereocenters. The van der Waals surface area contributed by atoms with Crippen LogP contribution in [0.4, 0.5) is 0 Å². The molecule has 2 aliphatic heterocycles. The first-order chi connectivity index (χ1) is 19.2. The number of hydrogen-bond donors (Lipinski definition) is 0. The molecule has 6 nitrogen and oxygen atoms in total. The molecular weight excluding hydrogens is 488 g/mol. The Morgan fingerprint density at radius 1 is 0.872 bits per heavy atom. The van der Waals surface area contributed by atoms with Gasteiger partial charge in [0.1, 0.15) is 24.2 Å². The Labute approximate surface area is 226 Å². The van der Waals surface area contributed by atoms with E-state index in [4.69, 9.17) is 19.3 Å². The van der Waals surface area contributed by atoms with Crippen molar-refractivity contribution in [1.29, 1.82) is 0 Å². The first-order valence-corrected chi connectivity index (χ1v) is 13.0. The van der Waals surface area contributed by atoms with Crippen LogP contribution in [0.5, 0.6) is 11.6 Å². The minimum Gasteiger partial charge on any atom is -0.492 e. The van der Waals surface area contributed by atoms with Gasteiger partial charge in [-0.05, 0) is 23.8 Å². The summed E-state index contributed by atoms with van der Waals surface area (Å²) in [5.74, 6) is 0.535. The van der Waals surface area contributed by atoms with Crippen LogP contribution >= 0.6 is 0 Å². The highest BCUT2D eigenvalue weighted by Gasteiger charge is 2.63. The molecule has 192 valence electrons. The van der Waals surface area contributed by atoms with Gasteiger partial charge in [0.25, 0.3) is 0 Å². The molecule has 0 N–H and O–H groups in total. The summed E-state index contributed by atoms with van der Waals surface area (Å²) in [5.41, 5.74) is 4.00. The number of carbonyl (C=O) groups excluding carboxylic acids is 1. The van der Waals surface area contributed by atoms with E-state index in [0.717, 1.165) is 39.4 Å². The SMILES string of the molecule is COC(=O)[C@@]12COc3ccccc3[C@@H]1c1c(-c3ccccc3)nn(-c3ccccc3)c1O[C@@H]2c1ccccc1. The van der Waals surface area contributed by atoms with E-state index < -0.39 is 17.4 Å². The fraction of sp³-hybridized carbons (Fsp3) is 0.152. The number of para-hydroxylation sites is 2. The standard InChI is InChI=1S/C33H26N2O4/c1-37-32(36)33-21-38-26-20-12-11-19-25(26)28(33)27-29(22-13-5-2-6-14-22)34-35(24-17-9-4-10-18-24)31(27)39-30(33)23-15-7-3-8-16-23/h2-20,28,30H,21H2,1H3/t28-,30-,33+/m1/s1. The highest BCUT2D eigenvalue weighted by atomic mass is 16.5. The van der Waals surface area contributed by atoms with Gasteiger partial charge in [-0.25, -0.2) is 4.68 Å². The summed E-state index contributed by atoms with van der Waals surface area (Å²) in [6.45, 7) is 0.102. The van der Waals surface area contributed by atoms with Crippen LogP contribution in [0.15, 0.2) is 115 Å². The number of aromatic nitrogens is 2. The third kappa shape index (κ3) is 3.48. The normalized spacial score (nSPS) is 20.9. The fourth-order valence-corrected chi connectivity index (χ4v) is 6.07. The van der Waals surface area contributed by atoms with E-state index in [1.54, 1.807) is 0 Å². The van der Waals surface area contributed by atoms with Crippen molar-refractivity contribution in [3.63, 3.8) is 0 Å². The number of ether oxygens (including phenoxy) is 3. The van der Waals surface area contributed by atoms with E-state index in [9.17, 15) is 4.79 Å². The zero-order valence-corrected chi connectivity index (χ0v) is 21.4. The molecule has 7 rings (SSSR count). The van der Waals surface area contributed by atoms with Crippen molar-refractivity contribution < 1.29 is 19.0 Å². The minimum atomic E-state index is -1.19. The van der Waals surface area contributed by atoms with E-state index >= 15 is 0 Å². The van der Waals surface area contributed by atoms with Gasteiger partial charge in [-0.1, -0.05) is 97.1 Å². The predicted octanol–water partition coefficient (Wildman–Crippen LogP) is 6.36. The van der Waals surface area contributed by atoms with Crippen molar-refractivity contribution in [1.82, 2.24) is 9.78 Å². The molecule has 0 fully saturated rings. The average Bonchev–Trinajstić information content (AvgIpc) is 3.40. The van der Waals surface area contributed by atoms with E-state index in [1.165, 1.54) is 7.11 Å². The predicted molar refractivity (Wildman–Crippen MR) is 147 cm³/mol. The molecule has 0 amide bonds. The van der Waals surface area contributed by atoms with E-state index in [-0.39, 0.29) is 12.6 Å². The summed E-state index contributed by atoms with van der Waals surface area (Å²) in [6.07, 6.45) is -0.681. The van der Waals surface area contributed by atoms with Crippen LogP contribution in [-0.4, -0.2) is 29.5 Å². The van der Waals surface area contributed by atoms with Gasteiger partial charge in [0.05, 0.1) is 18.4 Å². The Kier molecular flexibility index (Phi) is 5.48. The van der Waals surface area contributed by atoms with Crippen LogP contribution < -0.4 is 9.47 Å². The van der Waals surface area contributed by atoms with Crippen LogP contribution in [-0.2, 0) is 9.53 Å². The maximum absolute atomic E-state index is 14.0. The topological polar surface area (TPSA) is 62.6 Å². The zero-order chi connectivity index (χ0) is 26.4. The van der Waals surface area contributed by atoms with Crippen LogP contribution in [0.1, 0.15) is 28.7 Å². The Balaban J connectivity index is 1.60. The van der Waals surface area contributed by atoms with E-state index in [2.05, 4.69) is 0 Å². The number of benzene rings is 4. The van der Waals surface area contributed by atoms with Gasteiger partial charge in [0.2, 0.25) is 5.88 Å². The van der Waals surface area contributed by atoms with Crippen LogP contribution in [0.25, 0.3) is 16.9 Å². The highest BCUT2D eigenvalue weighted by molar-refractivity contribution is 5.84. The Hall–Kier alpha value is -4.84. The second-order valence-corrected chi connectivity index (χ2v) is 9.88. The molecule has 0 saturated heterocycles. The van der Waals surface area contributed by atoms with Gasteiger partial charge < -0.3 is 14.2 Å². The lowest BCUT2D eigenvalue weighted by molar-refractivity contribution is -0.168. The number of carbonyl (C=O) groups is 1. The van der Waals surface area contributed by atoms with Gasteiger partial charge in [-0.3, -0.25) is 4.79 Å². The third-order valence-electron chi connectivity index (χ3n) is 7.79. The average molecular weight is 515 g/mol. The largest absolute Gasteiger partial charge is 0.492 e. The van der Waals surface area contributed by atoms with Crippen LogP contribution in [0.3, 0.4) is 0 Å². The number of hydrogen-bond acceptors (Lipinski definition) is 5. The molecule has 2 aliphatic rings. The number of methoxy groups -OCH3 is 1. The highest BCUT2D eigenvalue weighted by Crippen LogP contribution is 2.62. The summed E-state index contributed by atoms with van der Waals surface area (Å²) in [5, 5.41) is 5.14. The van der Waals surface area contributed by atoms with Crippen molar-refractivity contribution in [3.05, 3.63) is 132 Å². The van der Waals surface area contributed by atoms with E-state index in [0.29, 0.717) is 5.88 Å². The molecule has 3 atom stereocenters. The lowest BCUT2D eigenvalue weighted by Gasteiger charge is -2.49. The lowest BCUT2D eigenvalue weighted by atomic mass is 9.61. The molecule has 0 bridgehead atoms. The summed E-state index contributed by atoms with van der Waals surface area (Å²) < 4.78 is 20.6. The van der Waals surface area contributed by atoms with Gasteiger partial charge in [-0.15, -0.1) is 0 Å². The Morgan fingerprint density at radius 2 is 1.51 bits per heavy atom. The summed E-state index contributed by atoms with van der Waals surface area (Å²) >= 11 is 0. The van der Waals surface area contributed by atoms with Gasteiger partial charge in [-0.2, -0.15) is 5.10 Å². The first-order valence-electron chi connectivity index (χ1n) is 13.0. The van der Waals surface area contributed by atoms with Gasteiger partial charge in [0, 0.05) is 17.0 Å². The fourth-order valence-electron chi connectivity index (χ4n) is 6.07. The molecule has 1 aromatic heterocycles. The molecule has 0 aliphatic carbocycles. The molecule has 4 aromatic carbocycles. The molecule has 39 heavy (non-hydrogen) atoms. The summed E-state index contributed by atoms with van der Waals surface area (Å²) in [7, 11) is 1.43. The molecule has 5 aromatic rings. The Morgan fingerprint density at radius 3 is 2.23 bits per heavy atom. The molecular formula is C33H26N2O4. The molecule has 0 saturated carbocycles. The number of esters is 1. The first kappa shape index (κ1) is 23.3. The van der Waals surface area contributed by atoms with Crippen LogP contribution in [0, 0.1) is 5.41 Å². The van der Waals surface area contributed by atoms with Crippen molar-refractivity contribution in [2.75, 3.05) is 13.7 Å². The Bertz CT molecular complexity index is 1650. The third-order valence-corrected chi connectivity index (χ3v) is 7.79. The van der Waals surface area contributed by atoms with Crippen molar-refractivity contribution in [2.45, 2.75) is 12.0 Å². The summed E-state index contributed by atoms with van der Waals surface area (Å²) in [4.78, 5) is 14.0. The van der Waals surface area contributed by atoms with Crippen molar-refractivity contribution >= 4 is 5.97 Å². The number of nitrogens with zero attached hydrogens (tertiary/aromatic N) is 2. The quantitative estimate of drug-likeness (QED) is 0.261. The molecule has 3 heterocycles. The lowest BCUT2D eigenvalue weighted by Crippen LogP contribution is -2.54. The van der Waals surface area contributed by atoms with E-state index in [1.807, 2.05) is 120 Å². The molecule has 0 radical (unpaired) electrons.